The molecular formula is C14H21ClN4S. The Morgan fingerprint density at radius 2 is 2.20 bits per heavy atom. The van der Waals surface area contributed by atoms with Crippen molar-refractivity contribution in [2.45, 2.75) is 43.9 Å². The first-order valence-electron chi connectivity index (χ1n) is 7.16. The van der Waals surface area contributed by atoms with Crippen LogP contribution in [0.15, 0.2) is 0 Å². The predicted molar refractivity (Wildman–Crippen MR) is 85.9 cm³/mol. The lowest BCUT2D eigenvalue weighted by Crippen LogP contribution is -2.20. The van der Waals surface area contributed by atoms with Gasteiger partial charge in [0.05, 0.1) is 5.69 Å². The molecule has 0 aromatic carbocycles. The topological polar surface area (TPSA) is 35.6 Å². The van der Waals surface area contributed by atoms with Crippen LogP contribution in [0.1, 0.15) is 36.8 Å². The first-order chi connectivity index (χ1) is 9.67. The number of aryl methyl sites for hydroxylation is 3. The Morgan fingerprint density at radius 3 is 2.90 bits per heavy atom. The first kappa shape index (κ1) is 14.3. The lowest BCUT2D eigenvalue weighted by Gasteiger charge is -2.22. The van der Waals surface area contributed by atoms with Crippen LogP contribution < -0.4 is 0 Å². The highest BCUT2D eigenvalue weighted by Gasteiger charge is 2.32. The van der Waals surface area contributed by atoms with Crippen molar-refractivity contribution < 1.29 is 0 Å². The van der Waals surface area contributed by atoms with Crippen molar-refractivity contribution in [3.63, 3.8) is 0 Å². The number of fused-ring (bicyclic) bond motifs is 1. The SMILES string of the molecule is CSC1CCCC1n1c(CCCl)nc2c(C)nn(C)c21. The van der Waals surface area contributed by atoms with Gasteiger partial charge in [-0.1, -0.05) is 6.42 Å². The van der Waals surface area contributed by atoms with Gasteiger partial charge in [0.15, 0.2) is 5.65 Å². The Kier molecular flexibility index (Phi) is 4.00. The van der Waals surface area contributed by atoms with Crippen molar-refractivity contribution in [2.75, 3.05) is 12.1 Å². The number of nitrogens with zero attached hydrogens (tertiary/aromatic N) is 4. The number of thioether (sulfide) groups is 1. The second-order valence-electron chi connectivity index (χ2n) is 5.49. The molecule has 3 rings (SSSR count). The summed E-state index contributed by atoms with van der Waals surface area (Å²) in [6.07, 6.45) is 6.87. The molecule has 4 nitrogen and oxygen atoms in total. The van der Waals surface area contributed by atoms with Gasteiger partial charge in [0.1, 0.15) is 11.3 Å². The van der Waals surface area contributed by atoms with Crippen LogP contribution in [0.4, 0.5) is 0 Å². The summed E-state index contributed by atoms with van der Waals surface area (Å²) in [7, 11) is 2.01. The second kappa shape index (κ2) is 5.60. The van der Waals surface area contributed by atoms with Gasteiger partial charge in [-0.2, -0.15) is 16.9 Å². The van der Waals surface area contributed by atoms with Crippen LogP contribution in [0.2, 0.25) is 0 Å². The average molecular weight is 313 g/mol. The smallest absolute Gasteiger partial charge is 0.158 e. The van der Waals surface area contributed by atoms with Crippen molar-refractivity contribution in [3.8, 4) is 0 Å². The monoisotopic (exact) mass is 312 g/mol. The van der Waals surface area contributed by atoms with Crippen LogP contribution in [0, 0.1) is 6.92 Å². The summed E-state index contributed by atoms with van der Waals surface area (Å²) in [5.74, 6) is 1.74. The standard InChI is InChI=1S/C14H21ClN4S/c1-9-13-14(18(2)17-9)19(12(16-13)7-8-15)10-5-4-6-11(10)20-3/h10-11H,4-8H2,1-3H3. The van der Waals surface area contributed by atoms with Crippen LogP contribution in [0.3, 0.4) is 0 Å². The highest BCUT2D eigenvalue weighted by molar-refractivity contribution is 7.99. The van der Waals surface area contributed by atoms with E-state index < -0.39 is 0 Å². The van der Waals surface area contributed by atoms with Crippen molar-refractivity contribution >= 4 is 34.5 Å². The molecule has 2 heterocycles. The molecule has 0 N–H and O–H groups in total. The minimum atomic E-state index is 0.531. The maximum absolute atomic E-state index is 5.98. The van der Waals surface area contributed by atoms with E-state index in [4.69, 9.17) is 16.6 Å². The Hall–Kier alpha value is -0.680. The van der Waals surface area contributed by atoms with Crippen LogP contribution in [0.25, 0.3) is 11.2 Å². The van der Waals surface area contributed by atoms with Gasteiger partial charge < -0.3 is 4.57 Å². The fourth-order valence-corrected chi connectivity index (χ4v) is 4.57. The Bertz CT molecular complexity index is 618. The zero-order chi connectivity index (χ0) is 14.3. The molecule has 2 aromatic heterocycles. The van der Waals surface area contributed by atoms with Crippen LogP contribution >= 0.6 is 23.4 Å². The summed E-state index contributed by atoms with van der Waals surface area (Å²) in [5.41, 5.74) is 3.21. The Balaban J connectivity index is 2.17. The van der Waals surface area contributed by atoms with E-state index >= 15 is 0 Å². The second-order valence-corrected chi connectivity index (χ2v) is 6.95. The maximum atomic E-state index is 5.98. The maximum Gasteiger partial charge on any atom is 0.158 e. The average Bonchev–Trinajstić information content (AvgIpc) is 3.07. The molecule has 0 radical (unpaired) electrons. The molecule has 0 spiro atoms. The quantitative estimate of drug-likeness (QED) is 0.813. The summed E-state index contributed by atoms with van der Waals surface area (Å²) in [4.78, 5) is 4.82. The molecule has 6 heteroatoms. The highest BCUT2D eigenvalue weighted by atomic mass is 35.5. The molecule has 110 valence electrons. The predicted octanol–water partition coefficient (Wildman–Crippen LogP) is 3.32. The van der Waals surface area contributed by atoms with Gasteiger partial charge >= 0.3 is 0 Å². The van der Waals surface area contributed by atoms with Crippen LogP contribution in [0.5, 0.6) is 0 Å². The minimum Gasteiger partial charge on any atom is -0.309 e. The number of hydrogen-bond donors (Lipinski definition) is 0. The number of alkyl halides is 1. The molecule has 0 amide bonds. The van der Waals surface area contributed by atoms with E-state index in [1.54, 1.807) is 0 Å². The van der Waals surface area contributed by atoms with Crippen molar-refractivity contribution in [3.05, 3.63) is 11.5 Å². The summed E-state index contributed by atoms with van der Waals surface area (Å²) in [6.45, 7) is 2.03. The molecular weight excluding hydrogens is 292 g/mol. The zero-order valence-electron chi connectivity index (χ0n) is 12.3. The highest BCUT2D eigenvalue weighted by Crippen LogP contribution is 2.40. The van der Waals surface area contributed by atoms with E-state index in [1.165, 1.54) is 19.3 Å². The number of halogens is 1. The molecule has 20 heavy (non-hydrogen) atoms. The van der Waals surface area contributed by atoms with E-state index in [-0.39, 0.29) is 0 Å². The molecule has 2 aromatic rings. The normalized spacial score (nSPS) is 23.0. The molecule has 1 fully saturated rings. The molecule has 0 aliphatic heterocycles. The number of aromatic nitrogens is 4. The van der Waals surface area contributed by atoms with Gasteiger partial charge in [0, 0.05) is 30.6 Å². The van der Waals surface area contributed by atoms with Crippen molar-refractivity contribution in [2.24, 2.45) is 7.05 Å². The third-order valence-electron chi connectivity index (χ3n) is 4.28. The van der Waals surface area contributed by atoms with Crippen LogP contribution in [-0.4, -0.2) is 36.7 Å². The fraction of sp³-hybridized carbons (Fsp3) is 0.714. The summed E-state index contributed by atoms with van der Waals surface area (Å²) >= 11 is 7.95. The van der Waals surface area contributed by atoms with E-state index in [0.717, 1.165) is 29.1 Å². The van der Waals surface area contributed by atoms with Crippen molar-refractivity contribution in [1.82, 2.24) is 19.3 Å². The lowest BCUT2D eigenvalue weighted by atomic mass is 10.2. The minimum absolute atomic E-state index is 0.531. The van der Waals surface area contributed by atoms with Gasteiger partial charge in [0.25, 0.3) is 0 Å². The Labute approximate surface area is 128 Å². The lowest BCUT2D eigenvalue weighted by molar-refractivity contribution is 0.510. The number of imidazole rings is 1. The van der Waals surface area contributed by atoms with Gasteiger partial charge in [-0.15, -0.1) is 11.6 Å². The largest absolute Gasteiger partial charge is 0.309 e. The van der Waals surface area contributed by atoms with Gasteiger partial charge in [-0.3, -0.25) is 4.68 Å². The molecule has 1 aliphatic carbocycles. The third-order valence-corrected chi connectivity index (χ3v) is 5.62. The molecule has 0 bridgehead atoms. The van der Waals surface area contributed by atoms with Gasteiger partial charge in [-0.25, -0.2) is 4.98 Å². The van der Waals surface area contributed by atoms with Gasteiger partial charge in [-0.05, 0) is 26.0 Å². The van der Waals surface area contributed by atoms with Gasteiger partial charge in [0.2, 0.25) is 0 Å². The van der Waals surface area contributed by atoms with E-state index in [0.29, 0.717) is 17.2 Å². The number of rotatable bonds is 4. The fourth-order valence-electron chi connectivity index (χ4n) is 3.43. The zero-order valence-corrected chi connectivity index (χ0v) is 13.8. The third kappa shape index (κ3) is 2.15. The Morgan fingerprint density at radius 1 is 1.40 bits per heavy atom. The molecule has 2 atom stereocenters. The summed E-state index contributed by atoms with van der Waals surface area (Å²) < 4.78 is 4.40. The molecule has 1 aliphatic rings. The van der Waals surface area contributed by atoms with E-state index in [1.807, 2.05) is 30.4 Å². The van der Waals surface area contributed by atoms with Crippen LogP contribution in [-0.2, 0) is 13.5 Å². The summed E-state index contributed by atoms with van der Waals surface area (Å²) in [5, 5.41) is 5.21. The van der Waals surface area contributed by atoms with E-state index in [2.05, 4.69) is 15.9 Å². The summed E-state index contributed by atoms with van der Waals surface area (Å²) in [6, 6.07) is 0.531. The first-order valence-corrected chi connectivity index (χ1v) is 8.98. The molecule has 1 saturated carbocycles. The molecule has 2 unspecified atom stereocenters. The van der Waals surface area contributed by atoms with E-state index in [9.17, 15) is 0 Å². The van der Waals surface area contributed by atoms with Crippen molar-refractivity contribution in [1.29, 1.82) is 0 Å². The number of hydrogen-bond acceptors (Lipinski definition) is 3. The molecule has 0 saturated heterocycles.